The highest BCUT2D eigenvalue weighted by molar-refractivity contribution is 7.90. The number of rotatable bonds is 4. The molecule has 0 aromatic carbocycles. The van der Waals surface area contributed by atoms with E-state index in [2.05, 4.69) is 9.71 Å². The van der Waals surface area contributed by atoms with Crippen LogP contribution in [0.15, 0.2) is 18.3 Å². The highest BCUT2D eigenvalue weighted by atomic mass is 32.2. The van der Waals surface area contributed by atoms with Crippen LogP contribution < -0.4 is 9.62 Å². The molecule has 0 radical (unpaired) electrons. The lowest BCUT2D eigenvalue weighted by Crippen LogP contribution is -2.40. The first kappa shape index (κ1) is 16.5. The predicted molar refractivity (Wildman–Crippen MR) is 85.4 cm³/mol. The van der Waals surface area contributed by atoms with Crippen molar-refractivity contribution in [2.24, 2.45) is 0 Å². The standard InChI is InChI=1S/C15H24FN3OS/c1-11(18-21(20)15(2,3)4)12-5-6-14(17-9-12)19-8-7-13(16)10-19/h5-6,9,11,13,18H,7-8,10H2,1-4H3/t11-,13?,21?/m0/s1. The zero-order valence-corrected chi connectivity index (χ0v) is 13.9. The summed E-state index contributed by atoms with van der Waals surface area (Å²) in [5.74, 6) is 0.808. The van der Waals surface area contributed by atoms with Crippen LogP contribution in [-0.2, 0) is 11.4 Å². The first-order chi connectivity index (χ1) is 9.77. The highest BCUT2D eigenvalue weighted by Gasteiger charge is 2.28. The van der Waals surface area contributed by atoms with Gasteiger partial charge in [-0.3, -0.25) is 0 Å². The summed E-state index contributed by atoms with van der Waals surface area (Å²) in [6.07, 6.45) is 1.60. The van der Waals surface area contributed by atoms with Gasteiger partial charge in [0.15, 0.2) is 0 Å². The van der Waals surface area contributed by atoms with Crippen LogP contribution in [0.4, 0.5) is 10.2 Å². The minimum atomic E-state index is -1.12. The minimum Gasteiger partial charge on any atom is -0.598 e. The molecule has 3 atom stereocenters. The van der Waals surface area contributed by atoms with E-state index in [1.807, 2.05) is 44.7 Å². The number of hydrogen-bond acceptors (Lipinski definition) is 4. The van der Waals surface area contributed by atoms with Crippen molar-refractivity contribution in [3.8, 4) is 0 Å². The van der Waals surface area contributed by atoms with Crippen molar-refractivity contribution in [3.63, 3.8) is 0 Å². The van der Waals surface area contributed by atoms with Gasteiger partial charge in [0.05, 0.1) is 12.6 Å². The molecule has 1 aliphatic heterocycles. The largest absolute Gasteiger partial charge is 0.598 e. The number of anilines is 1. The van der Waals surface area contributed by atoms with Gasteiger partial charge in [-0.1, -0.05) is 6.07 Å². The van der Waals surface area contributed by atoms with Gasteiger partial charge in [-0.15, -0.1) is 4.72 Å². The lowest BCUT2D eigenvalue weighted by atomic mass is 10.1. The Balaban J connectivity index is 1.98. The van der Waals surface area contributed by atoms with E-state index in [-0.39, 0.29) is 10.8 Å². The van der Waals surface area contributed by atoms with Crippen LogP contribution in [0.2, 0.25) is 0 Å². The molecule has 1 aliphatic rings. The Hall–Kier alpha value is -0.850. The van der Waals surface area contributed by atoms with Crippen molar-refractivity contribution in [1.82, 2.24) is 9.71 Å². The second-order valence-corrected chi connectivity index (χ2v) is 8.50. The van der Waals surface area contributed by atoms with E-state index in [9.17, 15) is 8.94 Å². The van der Waals surface area contributed by atoms with Gasteiger partial charge in [-0.2, -0.15) is 0 Å². The minimum absolute atomic E-state index is 0.0425. The number of nitrogens with zero attached hydrogens (tertiary/aromatic N) is 2. The molecule has 21 heavy (non-hydrogen) atoms. The Labute approximate surface area is 129 Å². The topological polar surface area (TPSA) is 51.2 Å². The van der Waals surface area contributed by atoms with Crippen molar-refractivity contribution >= 4 is 17.2 Å². The molecule has 118 valence electrons. The normalized spacial score (nSPS) is 22.4. The average Bonchev–Trinajstić information content (AvgIpc) is 2.84. The van der Waals surface area contributed by atoms with Crippen molar-refractivity contribution in [1.29, 1.82) is 0 Å². The van der Waals surface area contributed by atoms with Gasteiger partial charge in [-0.25, -0.2) is 9.37 Å². The fourth-order valence-corrected chi connectivity index (χ4v) is 2.98. The zero-order chi connectivity index (χ0) is 15.6. The monoisotopic (exact) mass is 313 g/mol. The Morgan fingerprint density at radius 1 is 1.48 bits per heavy atom. The van der Waals surface area contributed by atoms with Crippen molar-refractivity contribution in [2.75, 3.05) is 18.0 Å². The third-order valence-electron chi connectivity index (χ3n) is 3.57. The first-order valence-corrected chi connectivity index (χ1v) is 8.45. The van der Waals surface area contributed by atoms with Crippen LogP contribution in [0.1, 0.15) is 45.7 Å². The van der Waals surface area contributed by atoms with Gasteiger partial charge >= 0.3 is 0 Å². The molecular formula is C15H24FN3OS. The van der Waals surface area contributed by atoms with E-state index in [0.717, 1.165) is 17.9 Å². The smallest absolute Gasteiger partial charge is 0.136 e. The molecule has 0 amide bonds. The van der Waals surface area contributed by atoms with Crippen LogP contribution in [-0.4, -0.2) is 33.5 Å². The molecule has 1 aromatic heterocycles. The van der Waals surface area contributed by atoms with E-state index >= 15 is 0 Å². The van der Waals surface area contributed by atoms with Crippen molar-refractivity contribution in [2.45, 2.75) is 51.1 Å². The summed E-state index contributed by atoms with van der Waals surface area (Å²) in [7, 11) is 0. The lowest BCUT2D eigenvalue weighted by Gasteiger charge is -2.26. The quantitative estimate of drug-likeness (QED) is 0.869. The molecule has 1 saturated heterocycles. The predicted octanol–water partition coefficient (Wildman–Crippen LogP) is 2.74. The van der Waals surface area contributed by atoms with E-state index in [1.165, 1.54) is 0 Å². The molecule has 0 spiro atoms. The number of hydrogen-bond donors (Lipinski definition) is 1. The van der Waals surface area contributed by atoms with Gasteiger partial charge in [0.2, 0.25) is 0 Å². The number of aromatic nitrogens is 1. The second kappa shape index (κ2) is 6.50. The molecule has 2 unspecified atom stereocenters. The van der Waals surface area contributed by atoms with Gasteiger partial charge < -0.3 is 9.45 Å². The molecule has 0 saturated carbocycles. The van der Waals surface area contributed by atoms with Gasteiger partial charge in [0.25, 0.3) is 0 Å². The van der Waals surface area contributed by atoms with E-state index < -0.39 is 17.5 Å². The number of alkyl halides is 1. The molecule has 6 heteroatoms. The Bertz CT molecular complexity index is 463. The average molecular weight is 313 g/mol. The Kier molecular flexibility index (Phi) is 5.11. The maximum absolute atomic E-state index is 13.2. The molecule has 0 aliphatic carbocycles. The third-order valence-corrected chi connectivity index (χ3v) is 5.25. The molecule has 2 heterocycles. The summed E-state index contributed by atoms with van der Waals surface area (Å²) < 4.78 is 28.1. The summed E-state index contributed by atoms with van der Waals surface area (Å²) in [6, 6.07) is 3.83. The molecular weight excluding hydrogens is 289 g/mol. The van der Waals surface area contributed by atoms with Crippen LogP contribution in [0.3, 0.4) is 0 Å². The maximum Gasteiger partial charge on any atom is 0.136 e. The summed E-state index contributed by atoms with van der Waals surface area (Å²) in [5, 5.41) is 0. The van der Waals surface area contributed by atoms with Gasteiger partial charge in [0.1, 0.15) is 16.7 Å². The Morgan fingerprint density at radius 3 is 2.67 bits per heavy atom. The molecule has 4 nitrogen and oxygen atoms in total. The van der Waals surface area contributed by atoms with Crippen molar-refractivity contribution in [3.05, 3.63) is 23.9 Å². The van der Waals surface area contributed by atoms with Gasteiger partial charge in [-0.05, 0) is 45.7 Å². The fraction of sp³-hybridized carbons (Fsp3) is 0.667. The van der Waals surface area contributed by atoms with Crippen molar-refractivity contribution < 1.29 is 8.94 Å². The van der Waals surface area contributed by atoms with Gasteiger partial charge in [0, 0.05) is 24.1 Å². The molecule has 1 fully saturated rings. The van der Waals surface area contributed by atoms with Crippen LogP contribution in [0, 0.1) is 0 Å². The first-order valence-electron chi connectivity index (χ1n) is 7.30. The highest BCUT2D eigenvalue weighted by Crippen LogP contribution is 2.23. The molecule has 1 N–H and O–H groups in total. The third kappa shape index (κ3) is 4.31. The maximum atomic E-state index is 13.2. The molecule has 1 aromatic rings. The number of nitrogens with one attached hydrogen (secondary N) is 1. The number of halogens is 1. The summed E-state index contributed by atoms with van der Waals surface area (Å²) >= 11 is -1.12. The molecule has 0 bridgehead atoms. The van der Waals surface area contributed by atoms with Crippen LogP contribution >= 0.6 is 0 Å². The van der Waals surface area contributed by atoms with Crippen LogP contribution in [0.5, 0.6) is 0 Å². The molecule has 2 rings (SSSR count). The summed E-state index contributed by atoms with van der Waals surface area (Å²) in [6.45, 7) is 8.91. The SMILES string of the molecule is C[C@H](N[S+]([O-])C(C)(C)C)c1ccc(N2CCC(F)C2)nc1. The second-order valence-electron chi connectivity index (χ2n) is 6.50. The lowest BCUT2D eigenvalue weighted by molar-refractivity contribution is 0.364. The van der Waals surface area contributed by atoms with E-state index in [0.29, 0.717) is 13.0 Å². The fourth-order valence-electron chi connectivity index (χ4n) is 2.17. The Morgan fingerprint density at radius 2 is 2.19 bits per heavy atom. The summed E-state index contributed by atoms with van der Waals surface area (Å²) in [5.41, 5.74) is 0.979. The zero-order valence-electron chi connectivity index (χ0n) is 13.1. The number of pyridine rings is 1. The summed E-state index contributed by atoms with van der Waals surface area (Å²) in [4.78, 5) is 6.36. The van der Waals surface area contributed by atoms with E-state index in [1.54, 1.807) is 6.20 Å². The van der Waals surface area contributed by atoms with E-state index in [4.69, 9.17) is 0 Å². The van der Waals surface area contributed by atoms with Crippen LogP contribution in [0.25, 0.3) is 0 Å².